The molecule has 40 heavy (non-hydrogen) atoms. The quantitative estimate of drug-likeness (QED) is 0.455. The zero-order valence-electron chi connectivity index (χ0n) is 22.9. The van der Waals surface area contributed by atoms with E-state index in [1.165, 1.54) is 0 Å². The molecule has 0 aliphatic carbocycles. The van der Waals surface area contributed by atoms with Crippen molar-refractivity contribution in [2.75, 3.05) is 60.1 Å². The van der Waals surface area contributed by atoms with E-state index in [4.69, 9.17) is 26.1 Å². The molecule has 1 saturated heterocycles. The second-order valence-electron chi connectivity index (χ2n) is 10.4. The van der Waals surface area contributed by atoms with E-state index in [2.05, 4.69) is 26.8 Å². The van der Waals surface area contributed by atoms with Crippen LogP contribution in [-0.4, -0.2) is 97.5 Å². The molecule has 3 aliphatic rings. The van der Waals surface area contributed by atoms with Gasteiger partial charge in [-0.15, -0.1) is 0 Å². The summed E-state index contributed by atoms with van der Waals surface area (Å²) in [7, 11) is 3.71. The number of aromatic nitrogens is 1. The summed E-state index contributed by atoms with van der Waals surface area (Å²) in [5.41, 5.74) is 4.48. The summed E-state index contributed by atoms with van der Waals surface area (Å²) < 4.78 is 11.6. The van der Waals surface area contributed by atoms with E-state index in [1.807, 2.05) is 29.2 Å². The Morgan fingerprint density at radius 3 is 2.73 bits per heavy atom. The largest absolute Gasteiger partial charge is 0.496 e. The van der Waals surface area contributed by atoms with Gasteiger partial charge in [0.1, 0.15) is 12.4 Å². The maximum Gasteiger partial charge on any atom is 0.255 e. The first-order valence-corrected chi connectivity index (χ1v) is 14.1. The summed E-state index contributed by atoms with van der Waals surface area (Å²) in [5, 5.41) is 1.52. The number of benzene rings is 2. The zero-order valence-corrected chi connectivity index (χ0v) is 23.7. The first-order chi connectivity index (χ1) is 19.5. The van der Waals surface area contributed by atoms with E-state index in [0.717, 1.165) is 73.4 Å². The first kappa shape index (κ1) is 26.7. The summed E-state index contributed by atoms with van der Waals surface area (Å²) in [6.45, 7) is 5.81. The van der Waals surface area contributed by atoms with Gasteiger partial charge in [0.25, 0.3) is 5.91 Å². The predicted octanol–water partition coefficient (Wildman–Crippen LogP) is 3.87. The summed E-state index contributed by atoms with van der Waals surface area (Å²) in [6.07, 6.45) is 1.42. The summed E-state index contributed by atoms with van der Waals surface area (Å²) in [5.74, 6) is 1.85. The highest BCUT2D eigenvalue weighted by atomic mass is 35.5. The second-order valence-corrected chi connectivity index (χ2v) is 10.8. The second kappa shape index (κ2) is 11.5. The van der Waals surface area contributed by atoms with Crippen molar-refractivity contribution in [2.45, 2.75) is 19.4 Å². The maximum atomic E-state index is 13.9. The number of carbonyl (C=O) groups excluding carboxylic acids is 1. The molecule has 0 atom stereocenters. The molecule has 1 fully saturated rings. The van der Waals surface area contributed by atoms with Gasteiger partial charge in [-0.3, -0.25) is 14.7 Å². The summed E-state index contributed by atoms with van der Waals surface area (Å²) in [4.78, 5) is 34.5. The Morgan fingerprint density at radius 1 is 1.07 bits per heavy atom. The standard InChI is InChI=1S/C30H33ClN6O3/c1-35-13-15-37(16-14-35)30(38)28-21-5-3-4-6-24(21)34-25-9-11-36(18-23(25)28)12-10-27-32-19-33-29(40-27)22-17-20(31)7-8-26(22)39-2/h3-8,17H,9-16,18-19H2,1-2H3. The van der Waals surface area contributed by atoms with Gasteiger partial charge in [0.15, 0.2) is 5.90 Å². The Morgan fingerprint density at radius 2 is 1.90 bits per heavy atom. The molecule has 208 valence electrons. The third-order valence-corrected chi connectivity index (χ3v) is 8.07. The summed E-state index contributed by atoms with van der Waals surface area (Å²) in [6, 6.07) is 13.4. The molecule has 0 unspecified atom stereocenters. The van der Waals surface area contributed by atoms with E-state index in [1.54, 1.807) is 25.3 Å². The Balaban J connectivity index is 1.19. The highest BCUT2D eigenvalue weighted by Crippen LogP contribution is 2.30. The van der Waals surface area contributed by atoms with Crippen LogP contribution in [0.15, 0.2) is 52.4 Å². The molecular formula is C30H33ClN6O3. The molecule has 9 nitrogen and oxygen atoms in total. The van der Waals surface area contributed by atoms with Crippen LogP contribution in [0.1, 0.15) is 33.6 Å². The van der Waals surface area contributed by atoms with Crippen LogP contribution in [0, 0.1) is 0 Å². The number of aliphatic imine (C=N–C) groups is 2. The van der Waals surface area contributed by atoms with E-state index in [9.17, 15) is 4.79 Å². The summed E-state index contributed by atoms with van der Waals surface area (Å²) >= 11 is 6.22. The number of likely N-dealkylation sites (N-methyl/N-ethyl adjacent to an activating group) is 1. The van der Waals surface area contributed by atoms with Crippen molar-refractivity contribution in [3.63, 3.8) is 0 Å². The van der Waals surface area contributed by atoms with E-state index in [0.29, 0.717) is 47.8 Å². The normalized spacial score (nSPS) is 18.1. The van der Waals surface area contributed by atoms with Gasteiger partial charge in [-0.05, 0) is 31.3 Å². The molecule has 4 heterocycles. The molecule has 6 rings (SSSR count). The molecule has 0 saturated carbocycles. The number of piperazine rings is 1. The Bertz CT molecular complexity index is 1500. The van der Waals surface area contributed by atoms with Crippen molar-refractivity contribution in [2.24, 2.45) is 9.98 Å². The Labute approximate surface area is 239 Å². The highest BCUT2D eigenvalue weighted by molar-refractivity contribution is 6.31. The minimum Gasteiger partial charge on any atom is -0.496 e. The number of para-hydroxylation sites is 1. The molecule has 1 aromatic heterocycles. The molecule has 3 aromatic rings. The van der Waals surface area contributed by atoms with Crippen LogP contribution in [-0.2, 0) is 17.7 Å². The number of nitrogens with zero attached hydrogens (tertiary/aromatic N) is 6. The number of fused-ring (bicyclic) bond motifs is 2. The molecule has 0 N–H and O–H groups in total. The van der Waals surface area contributed by atoms with Gasteiger partial charge in [0.2, 0.25) is 5.90 Å². The monoisotopic (exact) mass is 560 g/mol. The van der Waals surface area contributed by atoms with Crippen molar-refractivity contribution >= 4 is 40.2 Å². The number of rotatable bonds is 6. The smallest absolute Gasteiger partial charge is 0.255 e. The average molecular weight is 561 g/mol. The van der Waals surface area contributed by atoms with Gasteiger partial charge in [-0.25, -0.2) is 9.98 Å². The van der Waals surface area contributed by atoms with Crippen LogP contribution < -0.4 is 4.74 Å². The zero-order chi connectivity index (χ0) is 27.6. The van der Waals surface area contributed by atoms with Crippen molar-refractivity contribution in [3.05, 3.63) is 69.9 Å². The molecule has 0 radical (unpaired) electrons. The van der Waals surface area contributed by atoms with Gasteiger partial charge in [-0.2, -0.15) is 0 Å². The lowest BCUT2D eigenvalue weighted by Gasteiger charge is -2.35. The van der Waals surface area contributed by atoms with Gasteiger partial charge in [0, 0.05) is 80.3 Å². The Kier molecular flexibility index (Phi) is 7.69. The molecule has 3 aliphatic heterocycles. The van der Waals surface area contributed by atoms with Crippen molar-refractivity contribution in [3.8, 4) is 5.75 Å². The van der Waals surface area contributed by atoms with E-state index in [-0.39, 0.29) is 5.91 Å². The highest BCUT2D eigenvalue weighted by Gasteiger charge is 2.30. The van der Waals surface area contributed by atoms with Crippen LogP contribution in [0.25, 0.3) is 10.9 Å². The third kappa shape index (κ3) is 5.41. The van der Waals surface area contributed by atoms with E-state index >= 15 is 0 Å². The van der Waals surface area contributed by atoms with Gasteiger partial charge in [0.05, 0.1) is 23.8 Å². The minimum atomic E-state index is 0.112. The number of hydrogen-bond donors (Lipinski definition) is 0. The lowest BCUT2D eigenvalue weighted by atomic mass is 9.94. The Hall–Kier alpha value is -3.53. The molecule has 0 spiro atoms. The molecule has 1 amide bonds. The van der Waals surface area contributed by atoms with Crippen LogP contribution in [0.4, 0.5) is 0 Å². The number of methoxy groups -OCH3 is 1. The predicted molar refractivity (Wildman–Crippen MR) is 157 cm³/mol. The lowest BCUT2D eigenvalue weighted by molar-refractivity contribution is 0.0663. The first-order valence-electron chi connectivity index (χ1n) is 13.7. The number of ether oxygens (including phenoxy) is 2. The van der Waals surface area contributed by atoms with Gasteiger partial charge < -0.3 is 19.3 Å². The fourth-order valence-corrected chi connectivity index (χ4v) is 5.75. The van der Waals surface area contributed by atoms with Gasteiger partial charge in [-0.1, -0.05) is 29.8 Å². The fraction of sp³-hybridized carbons (Fsp3) is 0.400. The maximum absolute atomic E-state index is 13.9. The minimum absolute atomic E-state index is 0.112. The van der Waals surface area contributed by atoms with Crippen molar-refractivity contribution < 1.29 is 14.3 Å². The van der Waals surface area contributed by atoms with Crippen LogP contribution in [0.5, 0.6) is 5.75 Å². The molecule has 2 aromatic carbocycles. The third-order valence-electron chi connectivity index (χ3n) is 7.84. The lowest BCUT2D eigenvalue weighted by Crippen LogP contribution is -2.47. The van der Waals surface area contributed by atoms with Crippen LogP contribution in [0.2, 0.25) is 5.02 Å². The van der Waals surface area contributed by atoms with Crippen LogP contribution >= 0.6 is 11.6 Å². The van der Waals surface area contributed by atoms with Crippen molar-refractivity contribution in [1.29, 1.82) is 0 Å². The molecule has 10 heteroatoms. The number of carbonyl (C=O) groups is 1. The number of halogens is 1. The number of pyridine rings is 1. The van der Waals surface area contributed by atoms with Crippen LogP contribution in [0.3, 0.4) is 0 Å². The fourth-order valence-electron chi connectivity index (χ4n) is 5.57. The van der Waals surface area contributed by atoms with E-state index < -0.39 is 0 Å². The SMILES string of the molecule is COc1ccc(Cl)cc1C1=NCN=C(CCN2CCc3nc4ccccc4c(C(=O)N4CCN(C)CC4)c3C2)O1. The van der Waals surface area contributed by atoms with Gasteiger partial charge >= 0.3 is 0 Å². The van der Waals surface area contributed by atoms with Crippen molar-refractivity contribution in [1.82, 2.24) is 19.7 Å². The number of hydrogen-bond acceptors (Lipinski definition) is 8. The average Bonchev–Trinajstić information content (AvgIpc) is 2.99. The number of amides is 1. The molecular weight excluding hydrogens is 528 g/mol. The topological polar surface area (TPSA) is 82.9 Å². The molecule has 0 bridgehead atoms.